The van der Waals surface area contributed by atoms with E-state index in [0.29, 0.717) is 13.0 Å². The predicted octanol–water partition coefficient (Wildman–Crippen LogP) is -0.285. The summed E-state index contributed by atoms with van der Waals surface area (Å²) < 4.78 is 27.4. The van der Waals surface area contributed by atoms with Crippen molar-refractivity contribution in [2.75, 3.05) is 18.1 Å². The van der Waals surface area contributed by atoms with Crippen LogP contribution in [-0.2, 0) is 19.4 Å². The molecule has 0 saturated carbocycles. The first-order valence-corrected chi connectivity index (χ1v) is 6.89. The van der Waals surface area contributed by atoms with Crippen molar-refractivity contribution in [1.29, 1.82) is 0 Å². The molecule has 0 aromatic carbocycles. The highest BCUT2D eigenvalue weighted by molar-refractivity contribution is 7.91. The number of sulfone groups is 1. The Morgan fingerprint density at radius 2 is 2.27 bits per heavy atom. The van der Waals surface area contributed by atoms with E-state index in [1.54, 1.807) is 6.92 Å². The van der Waals surface area contributed by atoms with Crippen LogP contribution in [0.3, 0.4) is 0 Å². The molecule has 0 spiro atoms. The number of hydrogen-bond donors (Lipinski definition) is 1. The zero-order valence-corrected chi connectivity index (χ0v) is 9.84. The van der Waals surface area contributed by atoms with Crippen LogP contribution < -0.4 is 5.32 Å². The molecule has 0 radical (unpaired) electrons. The highest BCUT2D eigenvalue weighted by Gasteiger charge is 2.29. The second-order valence-electron chi connectivity index (χ2n) is 3.71. The molecule has 1 aliphatic rings. The maximum atomic E-state index is 11.5. The van der Waals surface area contributed by atoms with Crippen LogP contribution in [-0.4, -0.2) is 44.6 Å². The summed E-state index contributed by atoms with van der Waals surface area (Å²) >= 11 is 0. The SMILES string of the molecule is CCO[C@H](C)C(=O)N[C@H]1CCS(=O)(=O)C1. The van der Waals surface area contributed by atoms with Crippen molar-refractivity contribution in [2.45, 2.75) is 32.4 Å². The largest absolute Gasteiger partial charge is 0.369 e. The first-order chi connectivity index (χ1) is 6.94. The number of ether oxygens (including phenoxy) is 1. The summed E-state index contributed by atoms with van der Waals surface area (Å²) in [6, 6.07) is -0.245. The van der Waals surface area contributed by atoms with E-state index in [4.69, 9.17) is 4.74 Å². The summed E-state index contributed by atoms with van der Waals surface area (Å²) in [6.45, 7) is 3.93. The zero-order chi connectivity index (χ0) is 11.5. The first kappa shape index (κ1) is 12.4. The standard InChI is InChI=1S/C9H17NO4S/c1-3-14-7(2)9(11)10-8-4-5-15(12,13)6-8/h7-8H,3-6H2,1-2H3,(H,10,11)/t7-,8+/m1/s1. The van der Waals surface area contributed by atoms with Crippen LogP contribution in [0, 0.1) is 0 Å². The summed E-state index contributed by atoms with van der Waals surface area (Å²) in [5.74, 6) is -0.0163. The van der Waals surface area contributed by atoms with Gasteiger partial charge in [-0.05, 0) is 20.3 Å². The second-order valence-corrected chi connectivity index (χ2v) is 5.93. The minimum absolute atomic E-state index is 0.0532. The van der Waals surface area contributed by atoms with Gasteiger partial charge in [0.2, 0.25) is 5.91 Å². The molecule has 1 aliphatic heterocycles. The van der Waals surface area contributed by atoms with Crippen LogP contribution in [0.4, 0.5) is 0 Å². The predicted molar refractivity (Wildman–Crippen MR) is 56.3 cm³/mol. The Morgan fingerprint density at radius 3 is 2.73 bits per heavy atom. The fourth-order valence-corrected chi connectivity index (χ4v) is 3.23. The number of nitrogens with one attached hydrogen (secondary N) is 1. The monoisotopic (exact) mass is 235 g/mol. The molecule has 1 rings (SSSR count). The van der Waals surface area contributed by atoms with Crippen LogP contribution in [0.25, 0.3) is 0 Å². The van der Waals surface area contributed by atoms with E-state index in [0.717, 1.165) is 0 Å². The normalized spacial score (nSPS) is 26.1. The van der Waals surface area contributed by atoms with Crippen molar-refractivity contribution in [2.24, 2.45) is 0 Å². The molecule has 1 heterocycles. The Labute approximate surface area is 90.1 Å². The molecule has 0 aromatic rings. The van der Waals surface area contributed by atoms with Crippen LogP contribution in [0.5, 0.6) is 0 Å². The second kappa shape index (κ2) is 4.94. The molecule has 1 fully saturated rings. The Morgan fingerprint density at radius 1 is 1.60 bits per heavy atom. The van der Waals surface area contributed by atoms with Gasteiger partial charge in [0.25, 0.3) is 0 Å². The van der Waals surface area contributed by atoms with Gasteiger partial charge >= 0.3 is 0 Å². The molecule has 1 saturated heterocycles. The van der Waals surface area contributed by atoms with Crippen LogP contribution in [0.2, 0.25) is 0 Å². The number of amides is 1. The number of hydrogen-bond acceptors (Lipinski definition) is 4. The molecule has 88 valence electrons. The molecule has 15 heavy (non-hydrogen) atoms. The lowest BCUT2D eigenvalue weighted by Crippen LogP contribution is -2.41. The third kappa shape index (κ3) is 3.79. The van der Waals surface area contributed by atoms with Gasteiger partial charge in [0.05, 0.1) is 11.5 Å². The van der Waals surface area contributed by atoms with E-state index in [2.05, 4.69) is 5.32 Å². The molecular weight excluding hydrogens is 218 g/mol. The van der Waals surface area contributed by atoms with Crippen molar-refractivity contribution >= 4 is 15.7 Å². The fraction of sp³-hybridized carbons (Fsp3) is 0.889. The third-order valence-electron chi connectivity index (χ3n) is 2.36. The summed E-state index contributed by atoms with van der Waals surface area (Å²) in [7, 11) is -2.93. The van der Waals surface area contributed by atoms with Crippen LogP contribution >= 0.6 is 0 Å². The average molecular weight is 235 g/mol. The Hall–Kier alpha value is -0.620. The molecule has 0 aliphatic carbocycles. The molecule has 2 atom stereocenters. The zero-order valence-electron chi connectivity index (χ0n) is 9.02. The molecular formula is C9H17NO4S. The summed E-state index contributed by atoms with van der Waals surface area (Å²) in [6.07, 6.45) is -0.00860. The Bertz CT molecular complexity index is 325. The number of carbonyl (C=O) groups excluding carboxylic acids is 1. The molecule has 6 heteroatoms. The molecule has 0 aromatic heterocycles. The van der Waals surface area contributed by atoms with E-state index in [1.807, 2.05) is 6.92 Å². The van der Waals surface area contributed by atoms with Crippen LogP contribution in [0.15, 0.2) is 0 Å². The van der Waals surface area contributed by atoms with E-state index in [-0.39, 0.29) is 23.5 Å². The van der Waals surface area contributed by atoms with Crippen molar-refractivity contribution in [3.63, 3.8) is 0 Å². The third-order valence-corrected chi connectivity index (χ3v) is 4.13. The fourth-order valence-electron chi connectivity index (χ4n) is 1.55. The van der Waals surface area contributed by atoms with Crippen molar-refractivity contribution in [3.8, 4) is 0 Å². The van der Waals surface area contributed by atoms with E-state index < -0.39 is 15.9 Å². The van der Waals surface area contributed by atoms with Crippen LogP contribution in [0.1, 0.15) is 20.3 Å². The van der Waals surface area contributed by atoms with Gasteiger partial charge in [0.15, 0.2) is 9.84 Å². The summed E-state index contributed by atoms with van der Waals surface area (Å²) in [5.41, 5.74) is 0. The maximum absolute atomic E-state index is 11.5. The highest BCUT2D eigenvalue weighted by Crippen LogP contribution is 2.11. The Balaban J connectivity index is 2.40. The first-order valence-electron chi connectivity index (χ1n) is 5.07. The van der Waals surface area contributed by atoms with Gasteiger partial charge < -0.3 is 10.1 Å². The van der Waals surface area contributed by atoms with Gasteiger partial charge in [-0.3, -0.25) is 4.79 Å². The topological polar surface area (TPSA) is 72.5 Å². The van der Waals surface area contributed by atoms with Crippen molar-refractivity contribution in [3.05, 3.63) is 0 Å². The lowest BCUT2D eigenvalue weighted by atomic mass is 10.2. The molecule has 0 unspecified atom stereocenters. The summed E-state index contributed by atoms with van der Waals surface area (Å²) in [5, 5.41) is 2.68. The Kier molecular flexibility index (Phi) is 4.10. The lowest BCUT2D eigenvalue weighted by molar-refractivity contribution is -0.132. The van der Waals surface area contributed by atoms with Gasteiger partial charge in [-0.1, -0.05) is 0 Å². The quantitative estimate of drug-likeness (QED) is 0.727. The molecule has 5 nitrogen and oxygen atoms in total. The van der Waals surface area contributed by atoms with E-state index in [9.17, 15) is 13.2 Å². The van der Waals surface area contributed by atoms with Crippen molar-refractivity contribution < 1.29 is 17.9 Å². The minimum atomic E-state index is -2.93. The van der Waals surface area contributed by atoms with Gasteiger partial charge in [-0.25, -0.2) is 8.42 Å². The van der Waals surface area contributed by atoms with Crippen molar-refractivity contribution in [1.82, 2.24) is 5.32 Å². The minimum Gasteiger partial charge on any atom is -0.369 e. The van der Waals surface area contributed by atoms with Gasteiger partial charge in [-0.2, -0.15) is 0 Å². The van der Waals surface area contributed by atoms with E-state index in [1.165, 1.54) is 0 Å². The van der Waals surface area contributed by atoms with Gasteiger partial charge in [0, 0.05) is 12.6 Å². The highest BCUT2D eigenvalue weighted by atomic mass is 32.2. The smallest absolute Gasteiger partial charge is 0.249 e. The van der Waals surface area contributed by atoms with Gasteiger partial charge in [0.1, 0.15) is 6.10 Å². The molecule has 1 amide bonds. The summed E-state index contributed by atoms with van der Waals surface area (Å²) in [4.78, 5) is 11.5. The number of carbonyl (C=O) groups is 1. The van der Waals surface area contributed by atoms with Gasteiger partial charge in [-0.15, -0.1) is 0 Å². The lowest BCUT2D eigenvalue weighted by Gasteiger charge is -2.15. The molecule has 1 N–H and O–H groups in total. The molecule has 0 bridgehead atoms. The average Bonchev–Trinajstić information content (AvgIpc) is 2.46. The number of rotatable bonds is 4. The maximum Gasteiger partial charge on any atom is 0.249 e. The van der Waals surface area contributed by atoms with E-state index >= 15 is 0 Å².